The molecule has 0 aliphatic carbocycles. The molecule has 1 aromatic rings. The van der Waals surface area contributed by atoms with Gasteiger partial charge >= 0.3 is 0 Å². The van der Waals surface area contributed by atoms with Gasteiger partial charge in [0.15, 0.2) is 0 Å². The van der Waals surface area contributed by atoms with Gasteiger partial charge in [-0.3, -0.25) is 9.59 Å². The van der Waals surface area contributed by atoms with Crippen LogP contribution in [0.15, 0.2) is 24.3 Å². The number of carbonyl (C=O) groups is 2. The maximum atomic E-state index is 11.3. The summed E-state index contributed by atoms with van der Waals surface area (Å²) < 4.78 is 0. The van der Waals surface area contributed by atoms with E-state index < -0.39 is 0 Å². The zero-order valence-electron chi connectivity index (χ0n) is 12.3. The first-order chi connectivity index (χ1) is 9.49. The van der Waals surface area contributed by atoms with Gasteiger partial charge in [0.1, 0.15) is 0 Å². The molecule has 0 aromatic heterocycles. The summed E-state index contributed by atoms with van der Waals surface area (Å²) in [7, 11) is 0. The predicted molar refractivity (Wildman–Crippen MR) is 80.3 cm³/mol. The molecule has 110 valence electrons. The van der Waals surface area contributed by atoms with E-state index in [0.717, 1.165) is 24.3 Å². The normalized spacial score (nSPS) is 10.4. The molecule has 0 saturated carbocycles. The van der Waals surface area contributed by atoms with Crippen LogP contribution in [-0.2, 0) is 16.1 Å². The molecule has 0 fully saturated rings. The average molecular weight is 277 g/mol. The van der Waals surface area contributed by atoms with Gasteiger partial charge in [-0.05, 0) is 17.7 Å². The van der Waals surface area contributed by atoms with Crippen molar-refractivity contribution < 1.29 is 9.59 Å². The molecule has 20 heavy (non-hydrogen) atoms. The van der Waals surface area contributed by atoms with E-state index in [1.54, 1.807) is 0 Å². The molecular formula is C15H23N3O2. The largest absolute Gasteiger partial charge is 0.355 e. The Morgan fingerprint density at radius 2 is 1.75 bits per heavy atom. The van der Waals surface area contributed by atoms with Crippen molar-refractivity contribution in [2.75, 3.05) is 18.4 Å². The first-order valence-electron chi connectivity index (χ1n) is 6.84. The molecule has 0 heterocycles. The summed E-state index contributed by atoms with van der Waals surface area (Å²) in [4.78, 5) is 22.2. The molecule has 0 spiro atoms. The van der Waals surface area contributed by atoms with Crippen molar-refractivity contribution in [3.05, 3.63) is 29.8 Å². The molecule has 0 unspecified atom stereocenters. The Morgan fingerprint density at radius 3 is 2.30 bits per heavy atom. The molecule has 5 nitrogen and oxygen atoms in total. The predicted octanol–water partition coefficient (Wildman–Crippen LogP) is 1.51. The van der Waals surface area contributed by atoms with E-state index in [9.17, 15) is 9.59 Å². The standard InChI is InChI=1S/C15H23N3O2/c1-11(2)15(20)17-9-8-16-10-13-4-6-14(7-5-13)18-12(3)19/h4-7,11,16H,8-10H2,1-3H3,(H,17,20)(H,18,19). The van der Waals surface area contributed by atoms with E-state index in [-0.39, 0.29) is 17.7 Å². The van der Waals surface area contributed by atoms with Crippen molar-refractivity contribution in [3.8, 4) is 0 Å². The minimum atomic E-state index is -0.0724. The first-order valence-corrected chi connectivity index (χ1v) is 6.84. The fourth-order valence-electron chi connectivity index (χ4n) is 1.62. The number of hydrogen-bond acceptors (Lipinski definition) is 3. The van der Waals surface area contributed by atoms with Crippen LogP contribution in [0.2, 0.25) is 0 Å². The summed E-state index contributed by atoms with van der Waals surface area (Å²) in [5.41, 5.74) is 1.93. The smallest absolute Gasteiger partial charge is 0.222 e. The van der Waals surface area contributed by atoms with Crippen molar-refractivity contribution in [1.29, 1.82) is 0 Å². The van der Waals surface area contributed by atoms with Crippen molar-refractivity contribution in [3.63, 3.8) is 0 Å². The number of nitrogens with one attached hydrogen (secondary N) is 3. The van der Waals surface area contributed by atoms with Gasteiger partial charge in [-0.2, -0.15) is 0 Å². The summed E-state index contributed by atoms with van der Waals surface area (Å²) in [6, 6.07) is 7.67. The van der Waals surface area contributed by atoms with Crippen LogP contribution in [0.4, 0.5) is 5.69 Å². The highest BCUT2D eigenvalue weighted by Gasteiger charge is 2.04. The third kappa shape index (κ3) is 6.33. The lowest BCUT2D eigenvalue weighted by atomic mass is 10.2. The molecule has 1 rings (SSSR count). The maximum Gasteiger partial charge on any atom is 0.222 e. The second kappa shape index (κ2) is 8.32. The first kappa shape index (κ1) is 16.2. The molecule has 0 bridgehead atoms. The van der Waals surface area contributed by atoms with Gasteiger partial charge in [-0.25, -0.2) is 0 Å². The van der Waals surface area contributed by atoms with E-state index in [0.29, 0.717) is 6.54 Å². The van der Waals surface area contributed by atoms with E-state index in [4.69, 9.17) is 0 Å². The third-order valence-electron chi connectivity index (χ3n) is 2.73. The minimum absolute atomic E-state index is 0.0244. The Kier molecular flexibility index (Phi) is 6.73. The molecule has 0 aliphatic rings. The molecule has 2 amide bonds. The van der Waals surface area contributed by atoms with Crippen LogP contribution >= 0.6 is 0 Å². The average Bonchev–Trinajstić information content (AvgIpc) is 2.39. The fourth-order valence-corrected chi connectivity index (χ4v) is 1.62. The van der Waals surface area contributed by atoms with Crippen molar-refractivity contribution in [1.82, 2.24) is 10.6 Å². The van der Waals surface area contributed by atoms with Crippen LogP contribution in [0.25, 0.3) is 0 Å². The lowest BCUT2D eigenvalue weighted by Gasteiger charge is -2.09. The molecule has 1 aromatic carbocycles. The molecule has 0 atom stereocenters. The van der Waals surface area contributed by atoms with Gasteiger partial charge in [-0.1, -0.05) is 26.0 Å². The second-order valence-corrected chi connectivity index (χ2v) is 5.00. The highest BCUT2D eigenvalue weighted by Crippen LogP contribution is 2.09. The fraction of sp³-hybridized carbons (Fsp3) is 0.467. The lowest BCUT2D eigenvalue weighted by Crippen LogP contribution is -2.34. The van der Waals surface area contributed by atoms with Crippen LogP contribution in [0.3, 0.4) is 0 Å². The molecule has 0 radical (unpaired) electrons. The van der Waals surface area contributed by atoms with Gasteiger partial charge in [0, 0.05) is 38.2 Å². The molecule has 5 heteroatoms. The van der Waals surface area contributed by atoms with E-state index in [1.807, 2.05) is 38.1 Å². The SMILES string of the molecule is CC(=O)Nc1ccc(CNCCNC(=O)C(C)C)cc1. The number of benzene rings is 1. The summed E-state index contributed by atoms with van der Waals surface area (Å²) in [5, 5.41) is 8.83. The number of amides is 2. The third-order valence-corrected chi connectivity index (χ3v) is 2.73. The van der Waals surface area contributed by atoms with Crippen LogP contribution in [0, 0.1) is 5.92 Å². The maximum absolute atomic E-state index is 11.3. The van der Waals surface area contributed by atoms with Gasteiger partial charge in [0.05, 0.1) is 0 Å². The Balaban J connectivity index is 2.22. The summed E-state index contributed by atoms with van der Waals surface area (Å²) >= 11 is 0. The van der Waals surface area contributed by atoms with Gasteiger partial charge < -0.3 is 16.0 Å². The zero-order valence-corrected chi connectivity index (χ0v) is 12.3. The van der Waals surface area contributed by atoms with Crippen LogP contribution in [0.1, 0.15) is 26.3 Å². The number of rotatable bonds is 7. The highest BCUT2D eigenvalue weighted by atomic mass is 16.2. The zero-order chi connectivity index (χ0) is 15.0. The van der Waals surface area contributed by atoms with E-state index in [1.165, 1.54) is 6.92 Å². The Bertz CT molecular complexity index is 441. The highest BCUT2D eigenvalue weighted by molar-refractivity contribution is 5.88. The molecular weight excluding hydrogens is 254 g/mol. The minimum Gasteiger partial charge on any atom is -0.355 e. The Labute approximate surface area is 120 Å². The summed E-state index contributed by atoms with van der Waals surface area (Å²) in [5.74, 6) is 0.0274. The number of hydrogen-bond donors (Lipinski definition) is 3. The summed E-state index contributed by atoms with van der Waals surface area (Å²) in [6.45, 7) is 7.32. The molecule has 0 saturated heterocycles. The topological polar surface area (TPSA) is 70.2 Å². The second-order valence-electron chi connectivity index (χ2n) is 5.00. The van der Waals surface area contributed by atoms with Crippen molar-refractivity contribution >= 4 is 17.5 Å². The van der Waals surface area contributed by atoms with Gasteiger partial charge in [0.2, 0.25) is 11.8 Å². The van der Waals surface area contributed by atoms with E-state index >= 15 is 0 Å². The Morgan fingerprint density at radius 1 is 1.10 bits per heavy atom. The van der Waals surface area contributed by atoms with Crippen LogP contribution in [-0.4, -0.2) is 24.9 Å². The van der Waals surface area contributed by atoms with Crippen LogP contribution in [0.5, 0.6) is 0 Å². The Hall–Kier alpha value is -1.88. The van der Waals surface area contributed by atoms with Crippen LogP contribution < -0.4 is 16.0 Å². The van der Waals surface area contributed by atoms with E-state index in [2.05, 4.69) is 16.0 Å². The monoisotopic (exact) mass is 277 g/mol. The number of carbonyl (C=O) groups excluding carboxylic acids is 2. The van der Waals surface area contributed by atoms with Gasteiger partial charge in [-0.15, -0.1) is 0 Å². The lowest BCUT2D eigenvalue weighted by molar-refractivity contribution is -0.124. The quantitative estimate of drug-likeness (QED) is 0.662. The van der Waals surface area contributed by atoms with Gasteiger partial charge in [0.25, 0.3) is 0 Å². The van der Waals surface area contributed by atoms with Crippen molar-refractivity contribution in [2.45, 2.75) is 27.3 Å². The molecule has 3 N–H and O–H groups in total. The number of anilines is 1. The molecule has 0 aliphatic heterocycles. The van der Waals surface area contributed by atoms with Crippen molar-refractivity contribution in [2.24, 2.45) is 5.92 Å². The summed E-state index contributed by atoms with van der Waals surface area (Å²) in [6.07, 6.45) is 0.